The molecule has 10 aromatic rings. The molecule has 10 heterocycles. The van der Waals surface area contributed by atoms with Gasteiger partial charge in [-0.2, -0.15) is 0 Å². The van der Waals surface area contributed by atoms with Gasteiger partial charge in [0.05, 0.1) is 9.75 Å². The molecule has 10 aromatic heterocycles. The molecular weight excluding hydrogens is 945 g/mol. The average molecular weight is 992 g/mol. The summed E-state index contributed by atoms with van der Waals surface area (Å²) in [7, 11) is 0. The van der Waals surface area contributed by atoms with Crippen LogP contribution in [-0.2, 0) is 0 Å². The highest BCUT2D eigenvalue weighted by molar-refractivity contribution is 7.31. The van der Waals surface area contributed by atoms with Crippen LogP contribution in [0, 0.1) is 0 Å². The van der Waals surface area contributed by atoms with Crippen LogP contribution in [0.4, 0.5) is 0 Å². The Morgan fingerprint density at radius 2 is 0.435 bits per heavy atom. The van der Waals surface area contributed by atoms with Crippen molar-refractivity contribution in [3.05, 3.63) is 129 Å². The van der Waals surface area contributed by atoms with Crippen LogP contribution in [0.15, 0.2) is 109 Å². The molecule has 10 heteroatoms. The Bertz CT molecular complexity index is 2900. The second kappa shape index (κ2) is 17.8. The molecule has 10 rings (SSSR count). The lowest BCUT2D eigenvalue weighted by Gasteiger charge is -2.03. The van der Waals surface area contributed by atoms with E-state index in [2.05, 4.69) is 165 Å². The maximum Gasteiger partial charge on any atom is 0.0528 e. The lowest BCUT2D eigenvalue weighted by molar-refractivity contribution is 0.890. The van der Waals surface area contributed by atoms with Crippen LogP contribution in [0.3, 0.4) is 0 Å². The van der Waals surface area contributed by atoms with Gasteiger partial charge in [0.1, 0.15) is 0 Å². The fourth-order valence-electron chi connectivity index (χ4n) is 7.36. The summed E-state index contributed by atoms with van der Waals surface area (Å²) in [5.41, 5.74) is 2.67. The smallest absolute Gasteiger partial charge is 0.0528 e. The minimum atomic E-state index is 0.532. The van der Waals surface area contributed by atoms with Crippen molar-refractivity contribution < 1.29 is 0 Å². The molecule has 0 saturated carbocycles. The van der Waals surface area contributed by atoms with Crippen LogP contribution in [0.1, 0.15) is 98.6 Å². The van der Waals surface area contributed by atoms with E-state index in [0.717, 1.165) is 0 Å². The first-order chi connectivity index (χ1) is 29.9. The molecule has 0 fully saturated rings. The van der Waals surface area contributed by atoms with Gasteiger partial charge in [-0.25, -0.2) is 0 Å². The Morgan fingerprint density at radius 1 is 0.226 bits per heavy atom. The van der Waals surface area contributed by atoms with Crippen LogP contribution in [0.2, 0.25) is 0 Å². The van der Waals surface area contributed by atoms with Crippen molar-refractivity contribution in [1.29, 1.82) is 0 Å². The SMILES string of the molecule is CC(C)c1ccc(-c2ccc(-c3cc(-c4cc(-c5ccc(-c6ccc(C(C)C)s6)s5)sc4-c4ccc(-c5ccc(C(C)C)s5)s4)c(-c4ccc(-c5ccc(C(C)C)s5)s4)s3)s2)s1. The van der Waals surface area contributed by atoms with Crippen LogP contribution in [0.25, 0.3) is 89.2 Å². The highest BCUT2D eigenvalue weighted by Gasteiger charge is 2.25. The minimum absolute atomic E-state index is 0.532. The summed E-state index contributed by atoms with van der Waals surface area (Å²) in [6.45, 7) is 18.3. The van der Waals surface area contributed by atoms with E-state index < -0.39 is 0 Å². The second-order valence-corrected chi connectivity index (χ2v) is 27.7. The van der Waals surface area contributed by atoms with E-state index in [1.807, 2.05) is 113 Å². The summed E-state index contributed by atoms with van der Waals surface area (Å²) < 4.78 is 0. The maximum atomic E-state index is 2.52. The Hall–Kier alpha value is -3.00. The van der Waals surface area contributed by atoms with E-state index in [-0.39, 0.29) is 0 Å². The van der Waals surface area contributed by atoms with Crippen molar-refractivity contribution in [3.63, 3.8) is 0 Å². The van der Waals surface area contributed by atoms with Crippen molar-refractivity contribution in [2.45, 2.75) is 79.1 Å². The highest BCUT2D eigenvalue weighted by Crippen LogP contribution is 2.55. The number of hydrogen-bond donors (Lipinski definition) is 0. The molecule has 0 unspecified atom stereocenters. The lowest BCUT2D eigenvalue weighted by atomic mass is 10.0. The summed E-state index contributed by atoms with van der Waals surface area (Å²) in [5, 5.41) is 0. The zero-order valence-corrected chi connectivity index (χ0v) is 43.9. The van der Waals surface area contributed by atoms with Gasteiger partial charge in [-0.05, 0) is 133 Å². The fraction of sp³-hybridized carbons (Fsp3) is 0.231. The monoisotopic (exact) mass is 990 g/mol. The molecule has 0 aliphatic rings. The summed E-state index contributed by atoms with van der Waals surface area (Å²) >= 11 is 19.4. The van der Waals surface area contributed by atoms with Crippen molar-refractivity contribution in [2.24, 2.45) is 0 Å². The second-order valence-electron chi connectivity index (χ2n) is 16.8. The molecule has 62 heavy (non-hydrogen) atoms. The van der Waals surface area contributed by atoms with Gasteiger partial charge in [0, 0.05) is 98.9 Å². The molecule has 0 aliphatic carbocycles. The predicted molar refractivity (Wildman–Crippen MR) is 290 cm³/mol. The van der Waals surface area contributed by atoms with Gasteiger partial charge < -0.3 is 0 Å². The van der Waals surface area contributed by atoms with Crippen molar-refractivity contribution in [2.75, 3.05) is 0 Å². The molecule has 0 radical (unpaired) electrons. The molecule has 0 aliphatic heterocycles. The molecule has 0 spiro atoms. The van der Waals surface area contributed by atoms with E-state index in [1.165, 1.54) is 109 Å². The fourth-order valence-corrected chi connectivity index (χ4v) is 18.5. The van der Waals surface area contributed by atoms with Crippen LogP contribution in [0.5, 0.6) is 0 Å². The quantitative estimate of drug-likeness (QED) is 0.108. The summed E-state index contributed by atoms with van der Waals surface area (Å²) in [6.07, 6.45) is 0. The van der Waals surface area contributed by atoms with E-state index in [4.69, 9.17) is 0 Å². The van der Waals surface area contributed by atoms with Gasteiger partial charge in [-0.3, -0.25) is 0 Å². The largest absolute Gasteiger partial charge is 0.139 e. The van der Waals surface area contributed by atoms with Crippen molar-refractivity contribution in [1.82, 2.24) is 0 Å². The van der Waals surface area contributed by atoms with E-state index >= 15 is 0 Å². The van der Waals surface area contributed by atoms with E-state index in [1.54, 1.807) is 0 Å². The van der Waals surface area contributed by atoms with Crippen molar-refractivity contribution >= 4 is 113 Å². The molecular formula is C52H46S10. The molecule has 0 aromatic carbocycles. The first kappa shape index (κ1) is 42.9. The van der Waals surface area contributed by atoms with Gasteiger partial charge in [-0.15, -0.1) is 113 Å². The number of rotatable bonds is 13. The maximum absolute atomic E-state index is 2.52. The highest BCUT2D eigenvalue weighted by atomic mass is 32.1. The van der Waals surface area contributed by atoms with Gasteiger partial charge in [0.15, 0.2) is 0 Å². The van der Waals surface area contributed by atoms with Crippen LogP contribution >= 0.6 is 113 Å². The van der Waals surface area contributed by atoms with Gasteiger partial charge in [-0.1, -0.05) is 55.4 Å². The van der Waals surface area contributed by atoms with Crippen LogP contribution < -0.4 is 0 Å². The summed E-state index contributed by atoms with van der Waals surface area (Å²) in [6, 6.07) is 42.4. The van der Waals surface area contributed by atoms with Gasteiger partial charge in [0.2, 0.25) is 0 Å². The minimum Gasteiger partial charge on any atom is -0.139 e. The van der Waals surface area contributed by atoms with Gasteiger partial charge >= 0.3 is 0 Å². The Balaban J connectivity index is 1.12. The van der Waals surface area contributed by atoms with Crippen LogP contribution in [-0.4, -0.2) is 0 Å². The third kappa shape index (κ3) is 8.50. The summed E-state index contributed by atoms with van der Waals surface area (Å²) in [4.78, 5) is 27.4. The normalized spacial score (nSPS) is 12.1. The third-order valence-corrected chi connectivity index (χ3v) is 24.6. The first-order valence-corrected chi connectivity index (χ1v) is 29.2. The summed E-state index contributed by atoms with van der Waals surface area (Å²) in [5.74, 6) is 2.15. The molecule has 0 nitrogen and oxygen atoms in total. The molecule has 0 amide bonds. The topological polar surface area (TPSA) is 0 Å². The Morgan fingerprint density at radius 3 is 0.694 bits per heavy atom. The number of hydrogen-bond acceptors (Lipinski definition) is 10. The average Bonchev–Trinajstić information content (AvgIpc) is 4.12. The molecule has 0 bridgehead atoms. The zero-order chi connectivity index (χ0) is 42.8. The first-order valence-electron chi connectivity index (χ1n) is 21.0. The third-order valence-electron chi connectivity index (χ3n) is 10.9. The Labute approximate surface area is 406 Å². The standard InChI is InChI=1S/C52H46S10/c1-27(2)33-9-13-37(53-33)41-17-19-45(57-41)49-25-31(51(61-49)47-23-21-43(59-47)39-15-11-35(55-39)29(5)6)32-26-50(46-20-18-42(58-46)38-14-10-34(54-38)28(3)4)62-52(32)48-24-22-44(60-48)40-16-12-36(56-40)30(7)8/h9-30H,1-8H3. The zero-order valence-electron chi connectivity index (χ0n) is 35.8. The van der Waals surface area contributed by atoms with E-state index in [9.17, 15) is 0 Å². The molecule has 0 saturated heterocycles. The molecule has 0 N–H and O–H groups in total. The van der Waals surface area contributed by atoms with E-state index in [0.29, 0.717) is 23.7 Å². The number of thiophene rings is 10. The van der Waals surface area contributed by atoms with Gasteiger partial charge in [0.25, 0.3) is 0 Å². The lowest BCUT2D eigenvalue weighted by Crippen LogP contribution is -1.77. The predicted octanol–water partition coefficient (Wildman–Crippen LogP) is 21.8. The van der Waals surface area contributed by atoms with Crippen molar-refractivity contribution in [3.8, 4) is 89.2 Å². The molecule has 0 atom stereocenters. The Kier molecular flexibility index (Phi) is 12.3. The molecule has 314 valence electrons.